The van der Waals surface area contributed by atoms with Crippen LogP contribution in [-0.4, -0.2) is 50.2 Å². The molecule has 0 aromatic carbocycles. The van der Waals surface area contributed by atoms with Crippen molar-refractivity contribution < 1.29 is 20.1 Å². The molecular weight excluding hydrogens is 270 g/mol. The second-order valence-electron chi connectivity index (χ2n) is 4.38. The third kappa shape index (κ3) is 1.88. The minimum absolute atomic E-state index is 0.352. The number of rotatable bonds is 2. The molecule has 3 heterocycles. The van der Waals surface area contributed by atoms with E-state index >= 15 is 0 Å². The third-order valence-electron chi connectivity index (χ3n) is 3.25. The van der Waals surface area contributed by atoms with E-state index in [1.165, 1.54) is 17.7 Å². The Labute approximate surface area is 112 Å². The highest BCUT2D eigenvalue weighted by Gasteiger charge is 2.44. The molecule has 0 bridgehead atoms. The second-order valence-corrected chi connectivity index (χ2v) is 5.29. The lowest BCUT2D eigenvalue weighted by Crippen LogP contribution is -2.32. The molecule has 0 saturated carbocycles. The number of aromatic nitrogens is 2. The van der Waals surface area contributed by atoms with E-state index in [1.807, 2.05) is 0 Å². The zero-order valence-corrected chi connectivity index (χ0v) is 10.6. The van der Waals surface area contributed by atoms with Crippen LogP contribution >= 0.6 is 11.3 Å². The molecule has 1 aliphatic rings. The summed E-state index contributed by atoms with van der Waals surface area (Å²) in [7, 11) is 0. The Kier molecular flexibility index (Phi) is 3.11. The summed E-state index contributed by atoms with van der Waals surface area (Å²) in [5.74, 6) is 0.360. The number of nitrogen functional groups attached to an aromatic ring is 1. The summed E-state index contributed by atoms with van der Waals surface area (Å²) in [6.07, 6.45) is -2.39. The Hall–Kier alpha value is -1.32. The summed E-state index contributed by atoms with van der Waals surface area (Å²) in [6, 6.07) is 0. The van der Waals surface area contributed by atoms with E-state index in [2.05, 4.69) is 9.97 Å². The number of ether oxygens (including phenoxy) is 1. The molecular formula is C11H13N3O4S. The van der Waals surface area contributed by atoms with Crippen LogP contribution in [0.25, 0.3) is 10.9 Å². The van der Waals surface area contributed by atoms with Gasteiger partial charge in [0.15, 0.2) is 0 Å². The third-order valence-corrected chi connectivity index (χ3v) is 4.29. The van der Waals surface area contributed by atoms with Gasteiger partial charge in [0.1, 0.15) is 36.6 Å². The predicted octanol–water partition coefficient (Wildman–Crippen LogP) is -0.573. The Morgan fingerprint density at radius 2 is 2.11 bits per heavy atom. The number of nitrogens with zero attached hydrogens (tertiary/aromatic N) is 2. The van der Waals surface area contributed by atoms with E-state index in [0.717, 1.165) is 0 Å². The van der Waals surface area contributed by atoms with Crippen molar-refractivity contribution in [2.24, 2.45) is 0 Å². The highest BCUT2D eigenvalue weighted by atomic mass is 32.1. The first-order chi connectivity index (χ1) is 9.13. The van der Waals surface area contributed by atoms with Crippen LogP contribution in [-0.2, 0) is 4.74 Å². The number of aliphatic hydroxyl groups excluding tert-OH is 3. The molecule has 1 aliphatic heterocycles. The van der Waals surface area contributed by atoms with Crippen LogP contribution in [0.4, 0.5) is 5.82 Å². The van der Waals surface area contributed by atoms with Crippen molar-refractivity contribution in [1.82, 2.24) is 9.97 Å². The van der Waals surface area contributed by atoms with Gasteiger partial charge < -0.3 is 25.8 Å². The van der Waals surface area contributed by atoms with E-state index in [0.29, 0.717) is 21.6 Å². The van der Waals surface area contributed by atoms with Gasteiger partial charge in [-0.1, -0.05) is 0 Å². The van der Waals surface area contributed by atoms with Gasteiger partial charge in [-0.2, -0.15) is 0 Å². The molecule has 0 spiro atoms. The highest BCUT2D eigenvalue weighted by Crippen LogP contribution is 2.40. The van der Waals surface area contributed by atoms with Gasteiger partial charge in [-0.25, -0.2) is 9.97 Å². The first-order valence-electron chi connectivity index (χ1n) is 5.73. The van der Waals surface area contributed by atoms with Crippen LogP contribution in [0.5, 0.6) is 0 Å². The summed E-state index contributed by atoms with van der Waals surface area (Å²) in [5.41, 5.74) is 6.35. The molecule has 1 fully saturated rings. The van der Waals surface area contributed by atoms with E-state index in [-0.39, 0.29) is 6.61 Å². The summed E-state index contributed by atoms with van der Waals surface area (Å²) in [5, 5.41) is 31.3. The van der Waals surface area contributed by atoms with Gasteiger partial charge in [-0.3, -0.25) is 0 Å². The van der Waals surface area contributed by atoms with Gasteiger partial charge >= 0.3 is 0 Å². The van der Waals surface area contributed by atoms with Crippen molar-refractivity contribution in [1.29, 1.82) is 0 Å². The minimum atomic E-state index is -1.12. The smallest absolute Gasteiger partial charge is 0.135 e. The molecule has 3 rings (SSSR count). The van der Waals surface area contributed by atoms with Gasteiger partial charge in [0.25, 0.3) is 0 Å². The summed E-state index contributed by atoms with van der Waals surface area (Å²) in [6.45, 7) is -0.352. The molecule has 7 nitrogen and oxygen atoms in total. The van der Waals surface area contributed by atoms with Crippen molar-refractivity contribution in [2.45, 2.75) is 24.4 Å². The maximum atomic E-state index is 10.0. The van der Waals surface area contributed by atoms with Crippen LogP contribution in [0.1, 0.15) is 11.0 Å². The Bertz CT molecular complexity index is 605. The van der Waals surface area contributed by atoms with Crippen LogP contribution in [0.15, 0.2) is 11.7 Å². The van der Waals surface area contributed by atoms with Gasteiger partial charge in [-0.15, -0.1) is 11.3 Å². The zero-order valence-electron chi connectivity index (χ0n) is 9.80. The van der Waals surface area contributed by atoms with Crippen molar-refractivity contribution in [3.05, 3.63) is 16.6 Å². The maximum absolute atomic E-state index is 10.0. The Balaban J connectivity index is 2.04. The average Bonchev–Trinajstić information content (AvgIpc) is 2.94. The molecule has 1 saturated heterocycles. The van der Waals surface area contributed by atoms with E-state index in [9.17, 15) is 10.2 Å². The molecule has 2 aromatic heterocycles. The maximum Gasteiger partial charge on any atom is 0.135 e. The highest BCUT2D eigenvalue weighted by molar-refractivity contribution is 7.11. The number of aliphatic hydroxyl groups is 3. The first kappa shape index (κ1) is 12.7. The summed E-state index contributed by atoms with van der Waals surface area (Å²) < 4.78 is 5.49. The van der Waals surface area contributed by atoms with Gasteiger partial charge in [0.2, 0.25) is 0 Å². The number of fused-ring (bicyclic) bond motifs is 1. The predicted molar refractivity (Wildman–Crippen MR) is 68.5 cm³/mol. The molecule has 5 N–H and O–H groups in total. The number of anilines is 1. The van der Waals surface area contributed by atoms with Crippen LogP contribution in [0, 0.1) is 0 Å². The fourth-order valence-electron chi connectivity index (χ4n) is 2.22. The van der Waals surface area contributed by atoms with Crippen molar-refractivity contribution in [3.63, 3.8) is 0 Å². The van der Waals surface area contributed by atoms with Crippen molar-refractivity contribution in [3.8, 4) is 0 Å². The molecule has 4 unspecified atom stereocenters. The first-order valence-corrected chi connectivity index (χ1v) is 6.61. The van der Waals surface area contributed by atoms with E-state index < -0.39 is 24.4 Å². The number of hydrogen-bond donors (Lipinski definition) is 4. The lowest BCUT2D eigenvalue weighted by atomic mass is 10.1. The molecule has 0 aliphatic carbocycles. The monoisotopic (exact) mass is 283 g/mol. The molecule has 4 atom stereocenters. The SMILES string of the molecule is Nc1ncnc2c(C3OC(CO)C(O)C3O)scc12. The lowest BCUT2D eigenvalue weighted by molar-refractivity contribution is -0.0214. The molecule has 102 valence electrons. The molecule has 19 heavy (non-hydrogen) atoms. The summed E-state index contributed by atoms with van der Waals surface area (Å²) in [4.78, 5) is 8.71. The largest absolute Gasteiger partial charge is 0.394 e. The normalized spacial score (nSPS) is 31.1. The Morgan fingerprint density at radius 1 is 1.32 bits per heavy atom. The number of nitrogens with two attached hydrogens (primary N) is 1. The van der Waals surface area contributed by atoms with Crippen LogP contribution in [0.2, 0.25) is 0 Å². The molecule has 8 heteroatoms. The Morgan fingerprint density at radius 3 is 2.79 bits per heavy atom. The molecule has 0 radical (unpaired) electrons. The van der Waals surface area contributed by atoms with E-state index in [4.69, 9.17) is 15.6 Å². The van der Waals surface area contributed by atoms with E-state index in [1.54, 1.807) is 5.38 Å². The lowest BCUT2D eigenvalue weighted by Gasteiger charge is -2.13. The van der Waals surface area contributed by atoms with Crippen LogP contribution in [0.3, 0.4) is 0 Å². The quantitative estimate of drug-likeness (QED) is 0.582. The zero-order chi connectivity index (χ0) is 13.6. The van der Waals surface area contributed by atoms with Crippen molar-refractivity contribution >= 4 is 28.1 Å². The van der Waals surface area contributed by atoms with Gasteiger partial charge in [0, 0.05) is 5.38 Å². The minimum Gasteiger partial charge on any atom is -0.394 e. The number of hydrogen-bond acceptors (Lipinski definition) is 8. The fraction of sp³-hybridized carbons (Fsp3) is 0.455. The standard InChI is InChI=1S/C11H13N3O4S/c12-11-4-2-19-10(6(4)13-3-14-11)9-8(17)7(16)5(1-15)18-9/h2-3,5,7-9,15-17H,1H2,(H2,12,13,14). The average molecular weight is 283 g/mol. The van der Waals surface area contributed by atoms with Gasteiger partial charge in [0.05, 0.1) is 22.4 Å². The van der Waals surface area contributed by atoms with Crippen LogP contribution < -0.4 is 5.73 Å². The topological polar surface area (TPSA) is 122 Å². The summed E-state index contributed by atoms with van der Waals surface area (Å²) >= 11 is 1.33. The van der Waals surface area contributed by atoms with Crippen molar-refractivity contribution in [2.75, 3.05) is 12.3 Å². The number of thiophene rings is 1. The molecule has 0 amide bonds. The van der Waals surface area contributed by atoms with Gasteiger partial charge in [-0.05, 0) is 0 Å². The second kappa shape index (κ2) is 4.66. The molecule has 2 aromatic rings. The fourth-order valence-corrected chi connectivity index (χ4v) is 3.30.